The minimum absolute atomic E-state index is 0.00205. The number of amides is 1. The summed E-state index contributed by atoms with van der Waals surface area (Å²) in [5.41, 5.74) is 2.13. The number of hydrogen-bond acceptors (Lipinski definition) is 10. The molecule has 12 atom stereocenters. The van der Waals surface area contributed by atoms with E-state index in [1.54, 1.807) is 24.3 Å². The summed E-state index contributed by atoms with van der Waals surface area (Å²) in [4.78, 5) is 47.5. The molecule has 68 heavy (non-hydrogen) atoms. The van der Waals surface area contributed by atoms with Crippen molar-refractivity contribution < 1.29 is 49.4 Å². The summed E-state index contributed by atoms with van der Waals surface area (Å²) in [5.74, 6) is -0.572. The molecule has 1 amide bonds. The van der Waals surface area contributed by atoms with Gasteiger partial charge in [-0.1, -0.05) is 46.6 Å². The Labute approximate surface area is 403 Å². The van der Waals surface area contributed by atoms with E-state index < -0.39 is 24.1 Å². The minimum Gasteiger partial charge on any atom is -0.508 e. The number of anilines is 1. The quantitative estimate of drug-likeness (QED) is 0.0348. The molecule has 12 unspecified atom stereocenters. The Kier molecular flexibility index (Phi) is 15.6. The van der Waals surface area contributed by atoms with Gasteiger partial charge in [-0.3, -0.25) is 14.4 Å². The normalized spacial score (nSPS) is 29.3. The summed E-state index contributed by atoms with van der Waals surface area (Å²) in [6.45, 7) is 11.0. The smallest absolute Gasteiger partial charge is 0.336 e. The van der Waals surface area contributed by atoms with E-state index in [1.165, 1.54) is 37.3 Å². The van der Waals surface area contributed by atoms with Gasteiger partial charge in [0.2, 0.25) is 5.91 Å². The van der Waals surface area contributed by atoms with Crippen molar-refractivity contribution >= 4 is 51.8 Å². The molecule has 6 aliphatic rings. The molecule has 4 saturated carbocycles. The third kappa shape index (κ3) is 10.3. The number of aliphatic carboxylic acids is 1. The highest BCUT2D eigenvalue weighted by molar-refractivity contribution is 7.80. The Balaban J connectivity index is 0.000000201. The second kappa shape index (κ2) is 20.9. The van der Waals surface area contributed by atoms with Crippen molar-refractivity contribution in [1.29, 1.82) is 0 Å². The number of carboxylic acids is 2. The van der Waals surface area contributed by atoms with Gasteiger partial charge in [0.25, 0.3) is 0 Å². The second-order valence-electron chi connectivity index (χ2n) is 20.6. The van der Waals surface area contributed by atoms with Gasteiger partial charge in [0.1, 0.15) is 23.1 Å². The van der Waals surface area contributed by atoms with Gasteiger partial charge in [0, 0.05) is 47.3 Å². The van der Waals surface area contributed by atoms with Crippen LogP contribution in [0.2, 0.25) is 0 Å². The van der Waals surface area contributed by atoms with E-state index in [4.69, 9.17) is 21.7 Å². The SMILES string of the molecule is CC(NC(=O)CCC(C)C1CCC2C3C(O)CC4CC(O)CCC4(C)C3CC(O)C12C)C(=O)O.CCCCCNC(=S)Nc1ccc(-c2c3ccc(=O)cc-3oc3cc(O)ccc23)c(C(=O)O)c1. The van der Waals surface area contributed by atoms with E-state index in [0.717, 1.165) is 64.3 Å². The number of carboxylic acid groups (broad SMARTS) is 2. The van der Waals surface area contributed by atoms with Crippen LogP contribution < -0.4 is 21.4 Å². The Morgan fingerprint density at radius 1 is 0.897 bits per heavy atom. The van der Waals surface area contributed by atoms with Crippen LogP contribution >= 0.6 is 12.2 Å². The fraction of sp³-hybridized carbons (Fsp3) is 0.566. The number of fused-ring (bicyclic) bond motifs is 7. The van der Waals surface area contributed by atoms with Crippen molar-refractivity contribution in [2.75, 3.05) is 11.9 Å². The highest BCUT2D eigenvalue weighted by Crippen LogP contribution is 2.68. The molecule has 2 aromatic rings. The minimum atomic E-state index is -1.11. The molecule has 8 rings (SSSR count). The van der Waals surface area contributed by atoms with Crippen LogP contribution in [0.15, 0.2) is 63.8 Å². The third-order valence-corrected chi connectivity index (χ3v) is 16.9. The number of benzene rings is 3. The van der Waals surface area contributed by atoms with Crippen LogP contribution in [0, 0.1) is 46.3 Å². The molecule has 2 aromatic carbocycles. The maximum atomic E-state index is 12.3. The Bertz CT molecular complexity index is 2530. The van der Waals surface area contributed by atoms with E-state index in [-0.39, 0.29) is 81.7 Å². The fourth-order valence-corrected chi connectivity index (χ4v) is 13.2. The molecule has 1 heterocycles. The first-order chi connectivity index (χ1) is 32.3. The van der Waals surface area contributed by atoms with Gasteiger partial charge in [0.15, 0.2) is 10.5 Å². The van der Waals surface area contributed by atoms with Crippen LogP contribution in [0.5, 0.6) is 5.75 Å². The second-order valence-corrected chi connectivity index (χ2v) is 21.0. The van der Waals surface area contributed by atoms with Gasteiger partial charge in [-0.2, -0.15) is 0 Å². The van der Waals surface area contributed by atoms with E-state index in [0.29, 0.717) is 63.0 Å². The average Bonchev–Trinajstić information content (AvgIpc) is 3.65. The van der Waals surface area contributed by atoms with Crippen LogP contribution in [-0.4, -0.2) is 84.5 Å². The van der Waals surface area contributed by atoms with Crippen molar-refractivity contribution in [2.24, 2.45) is 46.3 Å². The van der Waals surface area contributed by atoms with Gasteiger partial charge >= 0.3 is 11.9 Å². The highest BCUT2D eigenvalue weighted by Gasteiger charge is 2.65. The lowest BCUT2D eigenvalue weighted by atomic mass is 9.43. The van der Waals surface area contributed by atoms with Gasteiger partial charge < -0.3 is 51.0 Å². The number of aliphatic hydroxyl groups excluding tert-OH is 3. The van der Waals surface area contributed by atoms with Crippen molar-refractivity contribution in [3.05, 3.63) is 70.4 Å². The highest BCUT2D eigenvalue weighted by atomic mass is 32.1. The van der Waals surface area contributed by atoms with E-state index >= 15 is 0 Å². The van der Waals surface area contributed by atoms with Crippen molar-refractivity contribution in [3.8, 4) is 28.2 Å². The molecule has 15 heteroatoms. The molecule has 368 valence electrons. The topological polar surface area (TPSA) is 239 Å². The number of aromatic carboxylic acids is 1. The summed E-state index contributed by atoms with van der Waals surface area (Å²) >= 11 is 5.34. The molecule has 0 aromatic heterocycles. The molecule has 4 fully saturated rings. The molecule has 1 aliphatic heterocycles. The number of aliphatic hydroxyl groups is 3. The maximum absolute atomic E-state index is 12.3. The van der Waals surface area contributed by atoms with Crippen LogP contribution in [0.3, 0.4) is 0 Å². The number of hydrogen-bond donors (Lipinski definition) is 9. The number of phenolic OH excluding ortho intramolecular Hbond substituents is 1. The lowest BCUT2D eigenvalue weighted by molar-refractivity contribution is -0.207. The molecule has 14 nitrogen and oxygen atoms in total. The van der Waals surface area contributed by atoms with Crippen molar-refractivity contribution in [2.45, 2.75) is 136 Å². The molecular formula is C53H69N3O11S. The molecule has 5 aliphatic carbocycles. The first kappa shape index (κ1) is 50.8. The molecule has 0 spiro atoms. The Morgan fingerprint density at radius 2 is 1.65 bits per heavy atom. The monoisotopic (exact) mass is 955 g/mol. The predicted octanol–water partition coefficient (Wildman–Crippen LogP) is 8.40. The first-order valence-electron chi connectivity index (χ1n) is 24.4. The van der Waals surface area contributed by atoms with Gasteiger partial charge in [0.05, 0.1) is 23.9 Å². The number of carbonyl (C=O) groups excluding carboxylic acids is 1. The lowest BCUT2D eigenvalue weighted by Gasteiger charge is -2.63. The number of rotatable bonds is 13. The Hall–Kier alpha value is -5.09. The zero-order chi connectivity index (χ0) is 49.2. The third-order valence-electron chi connectivity index (χ3n) is 16.6. The maximum Gasteiger partial charge on any atom is 0.336 e. The summed E-state index contributed by atoms with van der Waals surface area (Å²) in [6, 6.07) is 13.1. The zero-order valence-corrected chi connectivity index (χ0v) is 40.6. The number of carbonyl (C=O) groups is 3. The van der Waals surface area contributed by atoms with Crippen LogP contribution in [-0.2, 0) is 9.59 Å². The number of aromatic hydroxyl groups is 1. The molecule has 0 radical (unpaired) electrons. The van der Waals surface area contributed by atoms with Crippen molar-refractivity contribution in [3.63, 3.8) is 0 Å². The van der Waals surface area contributed by atoms with E-state index in [2.05, 4.69) is 43.6 Å². The molecular weight excluding hydrogens is 887 g/mol. The van der Waals surface area contributed by atoms with Crippen molar-refractivity contribution in [1.82, 2.24) is 10.6 Å². The summed E-state index contributed by atoms with van der Waals surface area (Å²) in [7, 11) is 0. The standard InChI is InChI=1S/C27H45NO6.C26H24N2O5S/c1-14(5-8-23(32)28-15(2)25(33)34)18-6-7-19-24-20(13-22(31)27(18,19)4)26(3)10-9-17(29)11-16(26)12-21(24)30;1-2-3-4-11-27-26(34)28-15-5-8-18(21(12-15)25(31)32)24-19-9-6-16(29)13-22(19)33-23-14-17(30)7-10-20(23)24/h14-22,24,29-31H,5-13H2,1-4H3,(H,28,32)(H,33,34);5-10,12-14,29H,2-4,11H2,1H3,(H,31,32)(H2,27,28,34). The first-order valence-corrected chi connectivity index (χ1v) is 24.9. The number of phenols is 1. The van der Waals surface area contributed by atoms with Crippen LogP contribution in [0.1, 0.15) is 122 Å². The fourth-order valence-electron chi connectivity index (χ4n) is 13.0. The number of unbranched alkanes of at least 4 members (excludes halogenated alkanes) is 2. The summed E-state index contributed by atoms with van der Waals surface area (Å²) in [5, 5.41) is 72.0. The van der Waals surface area contributed by atoms with Gasteiger partial charge in [-0.25, -0.2) is 4.79 Å². The van der Waals surface area contributed by atoms with Gasteiger partial charge in [-0.15, -0.1) is 0 Å². The van der Waals surface area contributed by atoms with Crippen LogP contribution in [0.4, 0.5) is 5.69 Å². The molecule has 0 saturated heterocycles. The molecule has 0 bridgehead atoms. The van der Waals surface area contributed by atoms with Crippen LogP contribution in [0.25, 0.3) is 33.4 Å². The van der Waals surface area contributed by atoms with Gasteiger partial charge in [-0.05, 0) is 165 Å². The number of thiocarbonyl (C=S) groups is 1. The summed E-state index contributed by atoms with van der Waals surface area (Å²) in [6.07, 6.45) is 9.02. The number of nitrogens with one attached hydrogen (secondary N) is 3. The largest absolute Gasteiger partial charge is 0.508 e. The Morgan fingerprint density at radius 3 is 2.37 bits per heavy atom. The van der Waals surface area contributed by atoms with E-state index in [1.807, 2.05) is 0 Å². The predicted molar refractivity (Wildman–Crippen MR) is 265 cm³/mol. The summed E-state index contributed by atoms with van der Waals surface area (Å²) < 4.78 is 5.86. The lowest BCUT2D eigenvalue weighted by Crippen LogP contribution is -2.62. The zero-order valence-electron chi connectivity index (χ0n) is 39.8. The average molecular weight is 956 g/mol. The molecule has 9 N–H and O–H groups in total. The van der Waals surface area contributed by atoms with E-state index in [9.17, 15) is 44.7 Å².